The SMILES string of the molecule is CCOC(=O)C(C)(c1ccc(O)cc1)N1CCNCC1. The van der Waals surface area contributed by atoms with E-state index >= 15 is 0 Å². The number of phenolic OH excluding ortho intramolecular Hbond substituents is 1. The van der Waals surface area contributed by atoms with Gasteiger partial charge >= 0.3 is 5.97 Å². The molecule has 1 fully saturated rings. The number of carbonyl (C=O) groups is 1. The van der Waals surface area contributed by atoms with Crippen molar-refractivity contribution >= 4 is 5.97 Å². The van der Waals surface area contributed by atoms with Gasteiger partial charge in [0.2, 0.25) is 0 Å². The number of aromatic hydroxyl groups is 1. The molecule has 2 rings (SSSR count). The Bertz CT molecular complexity index is 455. The highest BCUT2D eigenvalue weighted by Crippen LogP contribution is 2.31. The lowest BCUT2D eigenvalue weighted by atomic mass is 9.89. The van der Waals surface area contributed by atoms with Gasteiger partial charge in [0, 0.05) is 26.2 Å². The Labute approximate surface area is 119 Å². The van der Waals surface area contributed by atoms with Crippen molar-refractivity contribution in [3.8, 4) is 5.75 Å². The van der Waals surface area contributed by atoms with Gasteiger partial charge in [0.1, 0.15) is 11.3 Å². The number of rotatable bonds is 4. The average Bonchev–Trinajstić information content (AvgIpc) is 2.48. The summed E-state index contributed by atoms with van der Waals surface area (Å²) < 4.78 is 5.28. The van der Waals surface area contributed by atoms with E-state index < -0.39 is 5.54 Å². The maximum Gasteiger partial charge on any atom is 0.330 e. The van der Waals surface area contributed by atoms with Crippen molar-refractivity contribution in [1.82, 2.24) is 10.2 Å². The van der Waals surface area contributed by atoms with Crippen molar-refractivity contribution in [2.45, 2.75) is 19.4 Å². The second-order valence-electron chi connectivity index (χ2n) is 5.08. The maximum atomic E-state index is 12.5. The molecule has 20 heavy (non-hydrogen) atoms. The molecule has 5 nitrogen and oxygen atoms in total. The summed E-state index contributed by atoms with van der Waals surface area (Å²) >= 11 is 0. The van der Waals surface area contributed by atoms with E-state index in [1.54, 1.807) is 24.3 Å². The fourth-order valence-corrected chi connectivity index (χ4v) is 2.60. The Kier molecular flexibility index (Phi) is 4.62. The molecule has 1 aliphatic heterocycles. The topological polar surface area (TPSA) is 61.8 Å². The van der Waals surface area contributed by atoms with Crippen LogP contribution in [0.4, 0.5) is 0 Å². The maximum absolute atomic E-state index is 12.5. The predicted octanol–water partition coefficient (Wildman–Crippen LogP) is 1.08. The highest BCUT2D eigenvalue weighted by atomic mass is 16.5. The molecule has 0 bridgehead atoms. The molecular formula is C15H22N2O3. The summed E-state index contributed by atoms with van der Waals surface area (Å²) in [4.78, 5) is 14.6. The number of nitrogens with zero attached hydrogens (tertiary/aromatic N) is 1. The molecule has 5 heteroatoms. The number of hydrogen-bond donors (Lipinski definition) is 2. The number of carbonyl (C=O) groups excluding carboxylic acids is 1. The van der Waals surface area contributed by atoms with Gasteiger partial charge in [-0.2, -0.15) is 0 Å². The summed E-state index contributed by atoms with van der Waals surface area (Å²) in [6.45, 7) is 7.35. The number of phenols is 1. The van der Waals surface area contributed by atoms with Crippen LogP contribution < -0.4 is 5.32 Å². The van der Waals surface area contributed by atoms with E-state index in [2.05, 4.69) is 10.2 Å². The number of benzene rings is 1. The average molecular weight is 278 g/mol. The van der Waals surface area contributed by atoms with Gasteiger partial charge in [-0.05, 0) is 31.5 Å². The third kappa shape index (κ3) is 2.78. The van der Waals surface area contributed by atoms with E-state index in [1.165, 1.54) is 0 Å². The van der Waals surface area contributed by atoms with Crippen LogP contribution in [0.3, 0.4) is 0 Å². The largest absolute Gasteiger partial charge is 0.508 e. The Morgan fingerprint density at radius 1 is 1.35 bits per heavy atom. The first kappa shape index (κ1) is 14.8. The quantitative estimate of drug-likeness (QED) is 0.807. The molecule has 1 aromatic rings. The van der Waals surface area contributed by atoms with Crippen LogP contribution in [0.2, 0.25) is 0 Å². The highest BCUT2D eigenvalue weighted by molar-refractivity contribution is 5.82. The van der Waals surface area contributed by atoms with Gasteiger partial charge in [0.15, 0.2) is 0 Å². The second-order valence-corrected chi connectivity index (χ2v) is 5.08. The van der Waals surface area contributed by atoms with Crippen LogP contribution >= 0.6 is 0 Å². The van der Waals surface area contributed by atoms with Crippen LogP contribution in [0.15, 0.2) is 24.3 Å². The standard InChI is InChI=1S/C15H22N2O3/c1-3-20-14(19)15(2,17-10-8-16-9-11-17)12-4-6-13(18)7-5-12/h4-7,16,18H,3,8-11H2,1-2H3. The molecule has 110 valence electrons. The summed E-state index contributed by atoms with van der Waals surface area (Å²) in [5, 5.41) is 12.7. The fourth-order valence-electron chi connectivity index (χ4n) is 2.60. The number of esters is 1. The summed E-state index contributed by atoms with van der Waals surface area (Å²) in [6, 6.07) is 6.78. The van der Waals surface area contributed by atoms with Gasteiger partial charge in [-0.15, -0.1) is 0 Å². The minimum absolute atomic E-state index is 0.195. The molecule has 1 aromatic carbocycles. The molecule has 0 aromatic heterocycles. The molecule has 0 radical (unpaired) electrons. The molecule has 2 N–H and O–H groups in total. The molecule has 1 atom stereocenters. The molecule has 1 aliphatic rings. The summed E-state index contributed by atoms with van der Waals surface area (Å²) in [7, 11) is 0. The van der Waals surface area contributed by atoms with E-state index in [0.29, 0.717) is 6.61 Å². The van der Waals surface area contributed by atoms with Gasteiger partial charge < -0.3 is 15.2 Å². The van der Waals surface area contributed by atoms with Crippen molar-refractivity contribution < 1.29 is 14.6 Å². The minimum atomic E-state index is -0.814. The van der Waals surface area contributed by atoms with E-state index in [1.807, 2.05) is 13.8 Å². The van der Waals surface area contributed by atoms with Gasteiger partial charge in [0.05, 0.1) is 6.61 Å². The van der Waals surface area contributed by atoms with Crippen LogP contribution in [-0.4, -0.2) is 48.8 Å². The summed E-state index contributed by atoms with van der Waals surface area (Å²) in [5.74, 6) is -0.0483. The smallest absolute Gasteiger partial charge is 0.330 e. The number of piperazine rings is 1. The molecule has 1 saturated heterocycles. The molecule has 1 unspecified atom stereocenters. The van der Waals surface area contributed by atoms with Crippen molar-refractivity contribution in [2.75, 3.05) is 32.8 Å². The highest BCUT2D eigenvalue weighted by Gasteiger charge is 2.42. The van der Waals surface area contributed by atoms with Crippen LogP contribution in [0.5, 0.6) is 5.75 Å². The zero-order valence-electron chi connectivity index (χ0n) is 12.1. The van der Waals surface area contributed by atoms with Crippen LogP contribution in [0.1, 0.15) is 19.4 Å². The first-order chi connectivity index (χ1) is 9.59. The zero-order valence-corrected chi connectivity index (χ0v) is 12.1. The first-order valence-electron chi connectivity index (χ1n) is 7.01. The Morgan fingerprint density at radius 2 is 1.95 bits per heavy atom. The van der Waals surface area contributed by atoms with Crippen molar-refractivity contribution in [3.05, 3.63) is 29.8 Å². The zero-order chi connectivity index (χ0) is 14.6. The Balaban J connectivity index is 2.36. The number of nitrogens with one attached hydrogen (secondary N) is 1. The van der Waals surface area contributed by atoms with Crippen molar-refractivity contribution in [1.29, 1.82) is 0 Å². The Hall–Kier alpha value is -1.59. The van der Waals surface area contributed by atoms with E-state index in [-0.39, 0.29) is 11.7 Å². The Morgan fingerprint density at radius 3 is 2.50 bits per heavy atom. The lowest BCUT2D eigenvalue weighted by Crippen LogP contribution is -2.57. The van der Waals surface area contributed by atoms with E-state index in [0.717, 1.165) is 31.7 Å². The van der Waals surface area contributed by atoms with Gasteiger partial charge in [0.25, 0.3) is 0 Å². The van der Waals surface area contributed by atoms with E-state index in [9.17, 15) is 9.90 Å². The third-order valence-electron chi connectivity index (χ3n) is 3.85. The summed E-state index contributed by atoms with van der Waals surface area (Å²) in [5.41, 5.74) is 0.0295. The minimum Gasteiger partial charge on any atom is -0.508 e. The first-order valence-corrected chi connectivity index (χ1v) is 7.01. The van der Waals surface area contributed by atoms with E-state index in [4.69, 9.17) is 4.74 Å². The van der Waals surface area contributed by atoms with Crippen molar-refractivity contribution in [3.63, 3.8) is 0 Å². The van der Waals surface area contributed by atoms with Crippen LogP contribution in [0.25, 0.3) is 0 Å². The molecule has 0 aliphatic carbocycles. The molecule has 1 heterocycles. The second kappa shape index (κ2) is 6.24. The van der Waals surface area contributed by atoms with Crippen LogP contribution in [0, 0.1) is 0 Å². The summed E-state index contributed by atoms with van der Waals surface area (Å²) in [6.07, 6.45) is 0. The predicted molar refractivity (Wildman–Crippen MR) is 76.5 cm³/mol. The normalized spacial score (nSPS) is 19.3. The fraction of sp³-hybridized carbons (Fsp3) is 0.533. The van der Waals surface area contributed by atoms with Crippen LogP contribution in [-0.2, 0) is 15.1 Å². The lowest BCUT2D eigenvalue weighted by molar-refractivity contribution is -0.158. The third-order valence-corrected chi connectivity index (χ3v) is 3.85. The van der Waals surface area contributed by atoms with Crippen molar-refractivity contribution in [2.24, 2.45) is 0 Å². The monoisotopic (exact) mass is 278 g/mol. The van der Waals surface area contributed by atoms with Gasteiger partial charge in [-0.3, -0.25) is 4.90 Å². The molecule has 0 saturated carbocycles. The molecular weight excluding hydrogens is 256 g/mol. The van der Waals surface area contributed by atoms with Gasteiger partial charge in [-0.1, -0.05) is 12.1 Å². The number of hydrogen-bond acceptors (Lipinski definition) is 5. The molecule has 0 amide bonds. The number of ether oxygens (including phenoxy) is 1. The molecule has 0 spiro atoms. The van der Waals surface area contributed by atoms with Gasteiger partial charge in [-0.25, -0.2) is 4.79 Å². The lowest BCUT2D eigenvalue weighted by Gasteiger charge is -2.41.